The molecule has 0 aliphatic carbocycles. The lowest BCUT2D eigenvalue weighted by Crippen LogP contribution is -2.49. The lowest BCUT2D eigenvalue weighted by molar-refractivity contribution is 0.0751. The Hall–Kier alpha value is -2.23. The maximum Gasteiger partial charge on any atom is 0.264 e. The molecule has 152 valence electrons. The third-order valence-electron chi connectivity index (χ3n) is 5.22. The van der Waals surface area contributed by atoms with Crippen molar-refractivity contribution in [2.75, 3.05) is 37.3 Å². The van der Waals surface area contributed by atoms with Crippen LogP contribution in [0.3, 0.4) is 0 Å². The first-order valence-corrected chi connectivity index (χ1v) is 12.4. The Morgan fingerprint density at radius 1 is 1.07 bits per heavy atom. The Balaban J connectivity index is 1.76. The van der Waals surface area contributed by atoms with Gasteiger partial charge in [0.2, 0.25) is 0 Å². The molecule has 0 unspecified atom stereocenters. The maximum atomic E-state index is 12.7. The molecule has 0 N–H and O–H groups in total. The summed E-state index contributed by atoms with van der Waals surface area (Å²) in [5, 5.41) is 2.74. The van der Waals surface area contributed by atoms with Crippen LogP contribution in [0, 0.1) is 4.64 Å². The van der Waals surface area contributed by atoms with Gasteiger partial charge >= 0.3 is 0 Å². The van der Waals surface area contributed by atoms with E-state index in [1.165, 1.54) is 17.6 Å². The summed E-state index contributed by atoms with van der Waals surface area (Å²) in [7, 11) is -1.75. The number of para-hydroxylation sites is 1. The molecule has 0 atom stereocenters. The molecule has 0 bridgehead atoms. The molecule has 9 heteroatoms. The smallest absolute Gasteiger partial charge is 0.264 e. The third-order valence-corrected chi connectivity index (χ3v) is 7.81. The van der Waals surface area contributed by atoms with Crippen LogP contribution in [0.4, 0.5) is 5.69 Å². The highest BCUT2D eigenvalue weighted by Gasteiger charge is 2.29. The van der Waals surface area contributed by atoms with E-state index in [4.69, 9.17) is 12.2 Å². The van der Waals surface area contributed by atoms with Crippen LogP contribution in [0.15, 0.2) is 46.7 Å². The fourth-order valence-electron chi connectivity index (χ4n) is 3.79. The first-order chi connectivity index (χ1) is 13.8. The first kappa shape index (κ1) is 20.1. The van der Waals surface area contributed by atoms with E-state index >= 15 is 0 Å². The predicted molar refractivity (Wildman–Crippen MR) is 119 cm³/mol. The number of fused-ring (bicyclic) bond motifs is 1. The average molecular weight is 448 g/mol. The van der Waals surface area contributed by atoms with E-state index in [0.29, 0.717) is 36.5 Å². The molecule has 1 amide bonds. The second kappa shape index (κ2) is 7.55. The highest BCUT2D eigenvalue weighted by Crippen LogP contribution is 2.35. The Morgan fingerprint density at radius 3 is 2.38 bits per heavy atom. The molecule has 0 saturated carbocycles. The number of piperazine rings is 1. The number of benzene rings is 1. The van der Waals surface area contributed by atoms with Crippen molar-refractivity contribution in [3.63, 3.8) is 0 Å². The minimum atomic E-state index is -3.54. The van der Waals surface area contributed by atoms with Crippen molar-refractivity contribution >= 4 is 55.9 Å². The van der Waals surface area contributed by atoms with Gasteiger partial charge in [-0.15, -0.1) is 11.3 Å². The quantitative estimate of drug-likeness (QED) is 0.577. The van der Waals surface area contributed by atoms with Gasteiger partial charge in [0.1, 0.15) is 9.54 Å². The standard InChI is InChI=1S/C20H21N3O3S3/c1-21-15-7-4-3-6-14(15)17(18(20(21)27)29(2,25)26)22-9-11-23(12-10-22)19(24)16-8-5-13-28-16/h3-8,13H,9-12H2,1-2H3. The van der Waals surface area contributed by atoms with Crippen LogP contribution in [0.25, 0.3) is 10.9 Å². The molecule has 3 heterocycles. The summed E-state index contributed by atoms with van der Waals surface area (Å²) >= 11 is 6.97. The highest BCUT2D eigenvalue weighted by atomic mass is 32.2. The summed E-state index contributed by atoms with van der Waals surface area (Å²) in [5.41, 5.74) is 1.53. The van der Waals surface area contributed by atoms with Gasteiger partial charge in [-0.25, -0.2) is 8.42 Å². The zero-order valence-electron chi connectivity index (χ0n) is 16.2. The van der Waals surface area contributed by atoms with Gasteiger partial charge in [0.15, 0.2) is 9.84 Å². The minimum absolute atomic E-state index is 0.0243. The molecule has 1 fully saturated rings. The van der Waals surface area contributed by atoms with E-state index in [1.807, 2.05) is 51.6 Å². The lowest BCUT2D eigenvalue weighted by atomic mass is 10.1. The minimum Gasteiger partial charge on any atom is -0.366 e. The summed E-state index contributed by atoms with van der Waals surface area (Å²) in [6, 6.07) is 11.4. The topological polar surface area (TPSA) is 62.6 Å². The van der Waals surface area contributed by atoms with E-state index in [2.05, 4.69) is 0 Å². The molecule has 4 rings (SSSR count). The number of sulfone groups is 1. The molecule has 1 aromatic carbocycles. The normalized spacial score (nSPS) is 15.1. The van der Waals surface area contributed by atoms with Gasteiger partial charge in [0, 0.05) is 44.9 Å². The van der Waals surface area contributed by atoms with Crippen molar-refractivity contribution in [1.82, 2.24) is 9.47 Å². The van der Waals surface area contributed by atoms with Crippen molar-refractivity contribution < 1.29 is 13.2 Å². The monoisotopic (exact) mass is 447 g/mol. The molecule has 0 radical (unpaired) electrons. The van der Waals surface area contributed by atoms with Gasteiger partial charge in [0.25, 0.3) is 5.91 Å². The van der Waals surface area contributed by atoms with E-state index in [1.54, 1.807) is 11.6 Å². The van der Waals surface area contributed by atoms with Crippen LogP contribution in [-0.2, 0) is 16.9 Å². The first-order valence-electron chi connectivity index (χ1n) is 9.18. The van der Waals surface area contributed by atoms with E-state index in [-0.39, 0.29) is 10.8 Å². The Labute approximate surface area is 178 Å². The lowest BCUT2D eigenvalue weighted by Gasteiger charge is -2.37. The second-order valence-corrected chi connectivity index (χ2v) is 10.4. The van der Waals surface area contributed by atoms with E-state index in [0.717, 1.165) is 15.8 Å². The number of aromatic nitrogens is 1. The number of rotatable bonds is 3. The van der Waals surface area contributed by atoms with Gasteiger partial charge in [-0.2, -0.15) is 0 Å². The van der Waals surface area contributed by atoms with Crippen molar-refractivity contribution in [2.45, 2.75) is 4.90 Å². The summed E-state index contributed by atoms with van der Waals surface area (Å²) in [6.07, 6.45) is 1.20. The third kappa shape index (κ3) is 3.58. The molecular formula is C20H21N3O3S3. The number of amides is 1. The van der Waals surface area contributed by atoms with Crippen LogP contribution in [0.1, 0.15) is 9.67 Å². The zero-order valence-corrected chi connectivity index (χ0v) is 18.6. The Kier molecular flexibility index (Phi) is 5.22. The van der Waals surface area contributed by atoms with E-state index in [9.17, 15) is 13.2 Å². The Morgan fingerprint density at radius 2 is 1.76 bits per heavy atom. The molecule has 1 saturated heterocycles. The number of pyridine rings is 1. The molecule has 3 aromatic rings. The molecule has 29 heavy (non-hydrogen) atoms. The van der Waals surface area contributed by atoms with Gasteiger partial charge in [0.05, 0.1) is 16.1 Å². The fraction of sp³-hybridized carbons (Fsp3) is 0.300. The van der Waals surface area contributed by atoms with Crippen molar-refractivity contribution in [1.29, 1.82) is 0 Å². The van der Waals surface area contributed by atoms with Crippen LogP contribution in [0.2, 0.25) is 0 Å². The molecule has 1 aliphatic rings. The summed E-state index contributed by atoms with van der Waals surface area (Å²) in [4.78, 5) is 17.4. The Bertz CT molecular complexity index is 1240. The van der Waals surface area contributed by atoms with Crippen LogP contribution >= 0.6 is 23.6 Å². The summed E-state index contributed by atoms with van der Waals surface area (Å²) in [5.74, 6) is 0.0243. The van der Waals surface area contributed by atoms with Gasteiger partial charge < -0.3 is 14.4 Å². The predicted octanol–water partition coefficient (Wildman–Crippen LogP) is 3.34. The van der Waals surface area contributed by atoms with E-state index < -0.39 is 9.84 Å². The SMILES string of the molecule is Cn1c(=S)c(S(C)(=O)=O)c(N2CCN(C(=O)c3cccs3)CC2)c2ccccc21. The highest BCUT2D eigenvalue weighted by molar-refractivity contribution is 7.91. The number of nitrogens with zero attached hydrogens (tertiary/aromatic N) is 3. The number of hydrogen-bond acceptors (Lipinski definition) is 6. The largest absolute Gasteiger partial charge is 0.366 e. The molecular weight excluding hydrogens is 426 g/mol. The zero-order chi connectivity index (χ0) is 20.8. The number of thiophene rings is 1. The van der Waals surface area contributed by atoms with Gasteiger partial charge in [-0.05, 0) is 17.5 Å². The van der Waals surface area contributed by atoms with Crippen molar-refractivity contribution in [3.8, 4) is 0 Å². The second-order valence-electron chi connectivity index (χ2n) is 7.09. The fourth-order valence-corrected chi connectivity index (χ4v) is 6.17. The van der Waals surface area contributed by atoms with Crippen LogP contribution < -0.4 is 4.90 Å². The van der Waals surface area contributed by atoms with Gasteiger partial charge in [-0.1, -0.05) is 36.5 Å². The summed E-state index contributed by atoms with van der Waals surface area (Å²) < 4.78 is 27.4. The number of aryl methyl sites for hydroxylation is 1. The molecule has 0 spiro atoms. The molecule has 6 nitrogen and oxygen atoms in total. The van der Waals surface area contributed by atoms with Crippen molar-refractivity contribution in [3.05, 3.63) is 51.3 Å². The number of carbonyl (C=O) groups excluding carboxylic acids is 1. The number of carbonyl (C=O) groups is 1. The van der Waals surface area contributed by atoms with Crippen molar-refractivity contribution in [2.24, 2.45) is 7.05 Å². The van der Waals surface area contributed by atoms with Crippen LogP contribution in [-0.4, -0.2) is 56.2 Å². The van der Waals surface area contributed by atoms with Gasteiger partial charge in [-0.3, -0.25) is 4.79 Å². The number of hydrogen-bond donors (Lipinski definition) is 0. The number of anilines is 1. The van der Waals surface area contributed by atoms with Crippen LogP contribution in [0.5, 0.6) is 0 Å². The molecule has 2 aromatic heterocycles. The maximum absolute atomic E-state index is 12.7. The summed E-state index contributed by atoms with van der Waals surface area (Å²) in [6.45, 7) is 2.16. The average Bonchev–Trinajstić information content (AvgIpc) is 3.24. The molecule has 1 aliphatic heterocycles.